The first-order chi connectivity index (χ1) is 20.3. The summed E-state index contributed by atoms with van der Waals surface area (Å²) in [5, 5.41) is 4.53. The van der Waals surface area contributed by atoms with Crippen LogP contribution in [0.1, 0.15) is 0 Å². The molecule has 0 saturated heterocycles. The molecule has 0 radical (unpaired) electrons. The van der Waals surface area contributed by atoms with Gasteiger partial charge in [0.05, 0.1) is 0 Å². The van der Waals surface area contributed by atoms with Crippen LogP contribution in [0.3, 0.4) is 0 Å². The number of rotatable bonds is 4. The van der Waals surface area contributed by atoms with Crippen LogP contribution in [0.2, 0.25) is 0 Å². The second kappa shape index (κ2) is 9.54. The first kappa shape index (κ1) is 23.3. The SMILES string of the molecule is c1ccc(-c2nc(-c3ccccc3)nc(-c3ccc4ccc(-c5cccc6oc7ccccc7c56)cc4c3)n2)cc1. The molecule has 0 aliphatic rings. The molecule has 4 heteroatoms. The van der Waals surface area contributed by atoms with Crippen molar-refractivity contribution in [2.45, 2.75) is 0 Å². The van der Waals surface area contributed by atoms with Crippen LogP contribution in [0.5, 0.6) is 0 Å². The van der Waals surface area contributed by atoms with E-state index in [4.69, 9.17) is 19.4 Å². The second-order valence-electron chi connectivity index (χ2n) is 10.1. The van der Waals surface area contributed by atoms with E-state index in [9.17, 15) is 0 Å². The van der Waals surface area contributed by atoms with Crippen LogP contribution < -0.4 is 0 Å². The number of fused-ring (bicyclic) bond motifs is 4. The van der Waals surface area contributed by atoms with E-state index < -0.39 is 0 Å². The van der Waals surface area contributed by atoms with Gasteiger partial charge in [-0.05, 0) is 46.2 Å². The van der Waals surface area contributed by atoms with Crippen molar-refractivity contribution in [1.82, 2.24) is 15.0 Å². The van der Waals surface area contributed by atoms with Crippen LogP contribution in [0.15, 0.2) is 144 Å². The average Bonchev–Trinajstić information content (AvgIpc) is 3.44. The lowest BCUT2D eigenvalue weighted by Crippen LogP contribution is -2.00. The molecule has 0 N–H and O–H groups in total. The summed E-state index contributed by atoms with van der Waals surface area (Å²) >= 11 is 0. The Morgan fingerprint density at radius 3 is 1.66 bits per heavy atom. The van der Waals surface area contributed by atoms with Crippen LogP contribution in [0, 0.1) is 0 Å². The Balaban J connectivity index is 1.29. The fourth-order valence-corrected chi connectivity index (χ4v) is 5.51. The highest BCUT2D eigenvalue weighted by Gasteiger charge is 2.14. The predicted octanol–water partition coefficient (Wildman–Crippen LogP) is 9.59. The fourth-order valence-electron chi connectivity index (χ4n) is 5.51. The van der Waals surface area contributed by atoms with Crippen molar-refractivity contribution in [3.8, 4) is 45.3 Å². The van der Waals surface area contributed by atoms with Crippen LogP contribution in [-0.4, -0.2) is 15.0 Å². The van der Waals surface area contributed by atoms with Crippen LogP contribution in [-0.2, 0) is 0 Å². The van der Waals surface area contributed by atoms with Crippen LogP contribution in [0.25, 0.3) is 78.0 Å². The van der Waals surface area contributed by atoms with E-state index in [1.54, 1.807) is 0 Å². The van der Waals surface area contributed by atoms with Crippen molar-refractivity contribution < 1.29 is 4.42 Å². The number of furan rings is 1. The Hall–Kier alpha value is -5.61. The molecule has 0 aliphatic heterocycles. The zero-order valence-corrected chi connectivity index (χ0v) is 22.0. The van der Waals surface area contributed by atoms with Gasteiger partial charge in [-0.3, -0.25) is 0 Å². The molecule has 0 aliphatic carbocycles. The smallest absolute Gasteiger partial charge is 0.164 e. The average molecular weight is 526 g/mol. The molecule has 192 valence electrons. The maximum Gasteiger partial charge on any atom is 0.164 e. The van der Waals surface area contributed by atoms with E-state index >= 15 is 0 Å². The van der Waals surface area contributed by atoms with Gasteiger partial charge in [-0.2, -0.15) is 0 Å². The normalized spacial score (nSPS) is 11.4. The Labute approximate surface area is 236 Å². The third-order valence-electron chi connectivity index (χ3n) is 7.51. The Kier molecular flexibility index (Phi) is 5.42. The van der Waals surface area contributed by atoms with Gasteiger partial charge in [-0.1, -0.05) is 115 Å². The summed E-state index contributed by atoms with van der Waals surface area (Å²) in [5.74, 6) is 1.96. The number of para-hydroxylation sites is 1. The number of aromatic nitrogens is 3. The topological polar surface area (TPSA) is 51.8 Å². The van der Waals surface area contributed by atoms with E-state index in [0.29, 0.717) is 17.5 Å². The third-order valence-corrected chi connectivity index (χ3v) is 7.51. The van der Waals surface area contributed by atoms with Gasteiger partial charge in [0.15, 0.2) is 17.5 Å². The molecule has 6 aromatic carbocycles. The summed E-state index contributed by atoms with van der Waals surface area (Å²) in [5.41, 5.74) is 6.93. The minimum atomic E-state index is 0.646. The largest absolute Gasteiger partial charge is 0.456 e. The second-order valence-corrected chi connectivity index (χ2v) is 10.1. The lowest BCUT2D eigenvalue weighted by Gasteiger charge is -2.10. The summed E-state index contributed by atoms with van der Waals surface area (Å²) in [6, 6.07) is 47.6. The van der Waals surface area contributed by atoms with E-state index in [0.717, 1.165) is 60.5 Å². The van der Waals surface area contributed by atoms with Crippen molar-refractivity contribution in [3.05, 3.63) is 140 Å². The highest BCUT2D eigenvalue weighted by molar-refractivity contribution is 6.12. The number of benzene rings is 6. The molecule has 2 heterocycles. The molecule has 4 nitrogen and oxygen atoms in total. The van der Waals surface area contributed by atoms with Gasteiger partial charge in [0.1, 0.15) is 11.2 Å². The van der Waals surface area contributed by atoms with Crippen LogP contribution >= 0.6 is 0 Å². The van der Waals surface area contributed by atoms with Gasteiger partial charge in [-0.15, -0.1) is 0 Å². The molecular weight excluding hydrogens is 502 g/mol. The summed E-state index contributed by atoms with van der Waals surface area (Å²) in [7, 11) is 0. The maximum atomic E-state index is 6.15. The quantitative estimate of drug-likeness (QED) is 0.230. The minimum Gasteiger partial charge on any atom is -0.456 e. The van der Waals surface area contributed by atoms with E-state index in [1.807, 2.05) is 78.9 Å². The lowest BCUT2D eigenvalue weighted by atomic mass is 9.96. The lowest BCUT2D eigenvalue weighted by molar-refractivity contribution is 0.669. The zero-order chi connectivity index (χ0) is 27.2. The number of nitrogens with zero attached hydrogens (tertiary/aromatic N) is 3. The van der Waals surface area contributed by atoms with Gasteiger partial charge in [0.25, 0.3) is 0 Å². The summed E-state index contributed by atoms with van der Waals surface area (Å²) < 4.78 is 6.15. The van der Waals surface area contributed by atoms with Gasteiger partial charge >= 0.3 is 0 Å². The van der Waals surface area contributed by atoms with Crippen LogP contribution in [0.4, 0.5) is 0 Å². The van der Waals surface area contributed by atoms with Crippen molar-refractivity contribution in [1.29, 1.82) is 0 Å². The van der Waals surface area contributed by atoms with Crippen molar-refractivity contribution in [2.24, 2.45) is 0 Å². The number of hydrogen-bond donors (Lipinski definition) is 0. The standard InChI is InChI=1S/C37H23N3O/c1-3-10-25(11-4-1)35-38-36(26-12-5-2-6-13-26)40-37(39-35)28-21-19-24-18-20-27(22-29(24)23-28)30-15-9-17-33-34(30)31-14-7-8-16-32(31)41-33/h1-23H. The van der Waals surface area contributed by atoms with E-state index in [2.05, 4.69) is 60.7 Å². The molecular formula is C37H23N3O. The van der Waals surface area contributed by atoms with Gasteiger partial charge in [0.2, 0.25) is 0 Å². The summed E-state index contributed by atoms with van der Waals surface area (Å²) in [6.45, 7) is 0. The highest BCUT2D eigenvalue weighted by atomic mass is 16.3. The first-order valence-corrected chi connectivity index (χ1v) is 13.6. The van der Waals surface area contributed by atoms with Gasteiger partial charge in [0, 0.05) is 27.5 Å². The Morgan fingerprint density at radius 2 is 0.951 bits per heavy atom. The molecule has 8 rings (SSSR count). The first-order valence-electron chi connectivity index (χ1n) is 13.6. The molecule has 0 saturated carbocycles. The van der Waals surface area contributed by atoms with E-state index in [-0.39, 0.29) is 0 Å². The summed E-state index contributed by atoms with van der Waals surface area (Å²) in [4.78, 5) is 14.7. The van der Waals surface area contributed by atoms with Crippen molar-refractivity contribution in [2.75, 3.05) is 0 Å². The molecule has 0 unspecified atom stereocenters. The monoisotopic (exact) mass is 525 g/mol. The molecule has 0 spiro atoms. The van der Waals surface area contributed by atoms with Crippen molar-refractivity contribution >= 4 is 32.7 Å². The molecule has 8 aromatic rings. The molecule has 41 heavy (non-hydrogen) atoms. The molecule has 0 bridgehead atoms. The van der Waals surface area contributed by atoms with E-state index in [1.165, 1.54) is 0 Å². The van der Waals surface area contributed by atoms with Gasteiger partial charge < -0.3 is 4.42 Å². The van der Waals surface area contributed by atoms with Crippen molar-refractivity contribution in [3.63, 3.8) is 0 Å². The Bertz CT molecular complexity index is 2140. The highest BCUT2D eigenvalue weighted by Crippen LogP contribution is 2.38. The molecule has 0 amide bonds. The summed E-state index contributed by atoms with van der Waals surface area (Å²) in [6.07, 6.45) is 0. The molecule has 0 atom stereocenters. The molecule has 0 fully saturated rings. The fraction of sp³-hybridized carbons (Fsp3) is 0. The molecule has 2 aromatic heterocycles. The third kappa shape index (κ3) is 4.14. The van der Waals surface area contributed by atoms with Gasteiger partial charge in [-0.25, -0.2) is 15.0 Å². The number of hydrogen-bond acceptors (Lipinski definition) is 4. The Morgan fingerprint density at radius 1 is 0.390 bits per heavy atom. The zero-order valence-electron chi connectivity index (χ0n) is 22.0. The predicted molar refractivity (Wildman–Crippen MR) is 166 cm³/mol. The maximum absolute atomic E-state index is 6.15. The minimum absolute atomic E-state index is 0.646.